The van der Waals surface area contributed by atoms with Gasteiger partial charge in [0.15, 0.2) is 14.6 Å². The summed E-state index contributed by atoms with van der Waals surface area (Å²) in [7, 11) is -3.46. The fourth-order valence-electron chi connectivity index (χ4n) is 3.04. The quantitative estimate of drug-likeness (QED) is 0.491. The zero-order chi connectivity index (χ0) is 21.7. The number of fused-ring (bicyclic) bond motifs is 1. The molecule has 0 aliphatic carbocycles. The first-order chi connectivity index (χ1) is 14.3. The van der Waals surface area contributed by atoms with Crippen molar-refractivity contribution in [2.45, 2.75) is 38.1 Å². The molecule has 1 amide bonds. The molecule has 30 heavy (non-hydrogen) atoms. The van der Waals surface area contributed by atoms with E-state index in [9.17, 15) is 13.2 Å². The van der Waals surface area contributed by atoms with Crippen LogP contribution in [-0.2, 0) is 21.2 Å². The Labute approximate surface area is 184 Å². The molecule has 0 fully saturated rings. The number of hydrogen-bond donors (Lipinski definition) is 0. The van der Waals surface area contributed by atoms with Gasteiger partial charge in [0.2, 0.25) is 5.91 Å². The van der Waals surface area contributed by atoms with E-state index in [0.717, 1.165) is 16.0 Å². The number of aromatic nitrogens is 1. The van der Waals surface area contributed by atoms with E-state index in [1.165, 1.54) is 35.6 Å². The molecular formula is C21H23ClN2O4S2. The smallest absolute Gasteiger partial charge is 0.248 e. The van der Waals surface area contributed by atoms with Gasteiger partial charge < -0.3 is 9.30 Å². The van der Waals surface area contributed by atoms with Crippen molar-refractivity contribution in [3.05, 3.63) is 52.3 Å². The summed E-state index contributed by atoms with van der Waals surface area (Å²) in [5.74, 6) is 0.327. The van der Waals surface area contributed by atoms with Crippen molar-refractivity contribution in [3.63, 3.8) is 0 Å². The molecule has 0 saturated heterocycles. The van der Waals surface area contributed by atoms with E-state index in [0.29, 0.717) is 23.0 Å². The molecule has 3 aromatic rings. The average Bonchev–Trinajstić information content (AvgIpc) is 3.04. The molecule has 2 aromatic carbocycles. The zero-order valence-electron chi connectivity index (χ0n) is 16.8. The first-order valence-electron chi connectivity index (χ1n) is 9.66. The monoisotopic (exact) mass is 466 g/mol. The number of benzene rings is 2. The highest BCUT2D eigenvalue weighted by Gasteiger charge is 2.15. The van der Waals surface area contributed by atoms with Gasteiger partial charge in [-0.05, 0) is 62.7 Å². The second kappa shape index (κ2) is 9.76. The molecular weight excluding hydrogens is 444 g/mol. The molecule has 1 heterocycles. The maximum absolute atomic E-state index is 12.4. The first-order valence-corrected chi connectivity index (χ1v) is 12.5. The Kier molecular flexibility index (Phi) is 7.33. The Bertz CT molecular complexity index is 1210. The number of carbonyl (C=O) groups is 1. The molecule has 6 nitrogen and oxygen atoms in total. The number of thiazole rings is 1. The summed E-state index contributed by atoms with van der Waals surface area (Å²) >= 11 is 7.22. The van der Waals surface area contributed by atoms with Crippen LogP contribution in [0.25, 0.3) is 10.2 Å². The lowest BCUT2D eigenvalue weighted by Crippen LogP contribution is -2.16. The van der Waals surface area contributed by atoms with Crippen molar-refractivity contribution in [3.8, 4) is 5.75 Å². The predicted molar refractivity (Wildman–Crippen MR) is 120 cm³/mol. The van der Waals surface area contributed by atoms with E-state index in [2.05, 4.69) is 4.99 Å². The third-order valence-electron chi connectivity index (χ3n) is 4.48. The Balaban J connectivity index is 1.73. The fraction of sp³-hybridized carbons (Fsp3) is 0.333. The van der Waals surface area contributed by atoms with Crippen molar-refractivity contribution in [2.24, 2.45) is 4.99 Å². The molecule has 0 N–H and O–H groups in total. The number of ether oxygens (including phenoxy) is 1. The van der Waals surface area contributed by atoms with E-state index >= 15 is 0 Å². The predicted octanol–water partition coefficient (Wildman–Crippen LogP) is 4.46. The molecule has 160 valence electrons. The van der Waals surface area contributed by atoms with E-state index in [1.54, 1.807) is 0 Å². The normalized spacial score (nSPS) is 12.4. The van der Waals surface area contributed by atoms with Crippen LogP contribution < -0.4 is 9.54 Å². The van der Waals surface area contributed by atoms with E-state index < -0.39 is 9.84 Å². The highest BCUT2D eigenvalue weighted by atomic mass is 35.5. The van der Waals surface area contributed by atoms with Crippen LogP contribution in [0.4, 0.5) is 0 Å². The Morgan fingerprint density at radius 1 is 1.17 bits per heavy atom. The van der Waals surface area contributed by atoms with Crippen LogP contribution in [0, 0.1) is 0 Å². The van der Waals surface area contributed by atoms with Crippen molar-refractivity contribution in [2.75, 3.05) is 12.4 Å². The molecule has 0 saturated carbocycles. The van der Waals surface area contributed by atoms with Crippen molar-refractivity contribution < 1.29 is 17.9 Å². The average molecular weight is 467 g/mol. The zero-order valence-corrected chi connectivity index (χ0v) is 19.2. The van der Waals surface area contributed by atoms with Gasteiger partial charge in [-0.2, -0.15) is 4.99 Å². The molecule has 3 rings (SSSR count). The van der Waals surface area contributed by atoms with Gasteiger partial charge in [-0.1, -0.05) is 22.9 Å². The summed E-state index contributed by atoms with van der Waals surface area (Å²) in [5.41, 5.74) is 0.989. The summed E-state index contributed by atoms with van der Waals surface area (Å²) in [6.45, 7) is 5.17. The maximum Gasteiger partial charge on any atom is 0.248 e. The molecule has 0 bridgehead atoms. The van der Waals surface area contributed by atoms with Gasteiger partial charge in [0.1, 0.15) is 5.75 Å². The van der Waals surface area contributed by atoms with Gasteiger partial charge in [0.05, 0.1) is 27.5 Å². The van der Waals surface area contributed by atoms with Gasteiger partial charge in [-0.25, -0.2) is 8.42 Å². The minimum absolute atomic E-state index is 0.0645. The summed E-state index contributed by atoms with van der Waals surface area (Å²) in [5, 5.41) is 0.476. The van der Waals surface area contributed by atoms with Gasteiger partial charge in [-0.15, -0.1) is 0 Å². The van der Waals surface area contributed by atoms with Gasteiger partial charge in [0, 0.05) is 18.0 Å². The number of halogens is 1. The van der Waals surface area contributed by atoms with E-state index in [4.69, 9.17) is 16.3 Å². The van der Waals surface area contributed by atoms with Gasteiger partial charge in [0.25, 0.3) is 0 Å². The second-order valence-corrected chi connectivity index (χ2v) is 10.1. The molecule has 0 atom stereocenters. The van der Waals surface area contributed by atoms with Gasteiger partial charge >= 0.3 is 0 Å². The fourth-order valence-corrected chi connectivity index (χ4v) is 5.61. The van der Waals surface area contributed by atoms with Crippen molar-refractivity contribution >= 4 is 48.9 Å². The summed E-state index contributed by atoms with van der Waals surface area (Å²) in [6, 6.07) is 11.8. The molecule has 1 aromatic heterocycles. The van der Waals surface area contributed by atoms with Crippen LogP contribution in [0.1, 0.15) is 26.7 Å². The lowest BCUT2D eigenvalue weighted by atomic mass is 10.3. The number of carbonyl (C=O) groups excluding carboxylic acids is 1. The van der Waals surface area contributed by atoms with Crippen LogP contribution in [-0.4, -0.2) is 31.3 Å². The highest BCUT2D eigenvalue weighted by Crippen LogP contribution is 2.23. The topological polar surface area (TPSA) is 77.7 Å². The summed E-state index contributed by atoms with van der Waals surface area (Å²) in [4.78, 5) is 17.4. The van der Waals surface area contributed by atoms with Crippen molar-refractivity contribution in [1.29, 1.82) is 0 Å². The Hall–Kier alpha value is -2.16. The lowest BCUT2D eigenvalue weighted by molar-refractivity contribution is -0.118. The third kappa shape index (κ3) is 5.30. The van der Waals surface area contributed by atoms with E-state index in [1.807, 2.05) is 36.6 Å². The Morgan fingerprint density at radius 3 is 2.57 bits per heavy atom. The third-order valence-corrected chi connectivity index (χ3v) is 7.59. The summed E-state index contributed by atoms with van der Waals surface area (Å²) < 4.78 is 33.3. The Morgan fingerprint density at radius 2 is 1.90 bits per heavy atom. The lowest BCUT2D eigenvalue weighted by Gasteiger charge is -2.04. The molecule has 0 aliphatic rings. The molecule has 0 radical (unpaired) electrons. The number of nitrogens with zero attached hydrogens (tertiary/aromatic N) is 2. The maximum atomic E-state index is 12.4. The largest absolute Gasteiger partial charge is 0.494 e. The first kappa shape index (κ1) is 22.5. The van der Waals surface area contributed by atoms with Crippen LogP contribution in [0.15, 0.2) is 52.4 Å². The SMILES string of the molecule is CCOc1ccc2c(c1)sc(=NC(=O)CCCS(=O)(=O)c1ccc(Cl)cc1)n2CC. The van der Waals surface area contributed by atoms with Crippen LogP contribution in [0.3, 0.4) is 0 Å². The number of amides is 1. The molecule has 0 spiro atoms. The standard InChI is InChI=1S/C21H23ClN2O4S2/c1-3-24-18-12-9-16(28-4-2)14-19(18)29-21(24)23-20(25)6-5-13-30(26,27)17-10-7-15(22)8-11-17/h7-12,14H,3-6,13H2,1-2H3. The molecule has 9 heteroatoms. The van der Waals surface area contributed by atoms with Crippen LogP contribution in [0.2, 0.25) is 5.02 Å². The van der Waals surface area contributed by atoms with Crippen LogP contribution >= 0.6 is 22.9 Å². The highest BCUT2D eigenvalue weighted by molar-refractivity contribution is 7.91. The molecule has 0 aliphatic heterocycles. The van der Waals surface area contributed by atoms with Gasteiger partial charge in [-0.3, -0.25) is 4.79 Å². The summed E-state index contributed by atoms with van der Waals surface area (Å²) in [6.07, 6.45) is 0.272. The number of rotatable bonds is 8. The minimum atomic E-state index is -3.46. The number of aryl methyl sites for hydroxylation is 1. The second-order valence-electron chi connectivity index (χ2n) is 6.57. The van der Waals surface area contributed by atoms with Crippen LogP contribution in [0.5, 0.6) is 5.75 Å². The van der Waals surface area contributed by atoms with E-state index in [-0.39, 0.29) is 29.4 Å². The molecule has 0 unspecified atom stereocenters. The number of sulfone groups is 1. The number of hydrogen-bond acceptors (Lipinski definition) is 5. The minimum Gasteiger partial charge on any atom is -0.494 e. The van der Waals surface area contributed by atoms with Crippen molar-refractivity contribution in [1.82, 2.24) is 4.57 Å².